The topological polar surface area (TPSA) is 162 Å². The van der Waals surface area contributed by atoms with Gasteiger partial charge in [-0.1, -0.05) is 42.5 Å². The third kappa shape index (κ3) is 13.1. The number of ether oxygens (including phenoxy) is 4. The number of hydrogen-bond donors (Lipinski definition) is 3. The SMILES string of the molecule is COc1ccc(CC(NC(=O)OCc2ccccc2)C(=O)C(C(=O)OC(C)(C)C)N2CCNC(CCCNC(=O)OC(C)(C)C)C2=O)cc1. The molecule has 0 saturated carbocycles. The highest BCUT2D eigenvalue weighted by Crippen LogP contribution is 2.20. The van der Waals surface area contributed by atoms with Crippen LogP contribution in [0.2, 0.25) is 0 Å². The van der Waals surface area contributed by atoms with Gasteiger partial charge in [-0.3, -0.25) is 9.59 Å². The maximum absolute atomic E-state index is 14.4. The number of ketones is 1. The van der Waals surface area contributed by atoms with Gasteiger partial charge < -0.3 is 39.8 Å². The van der Waals surface area contributed by atoms with Crippen molar-refractivity contribution in [3.63, 3.8) is 0 Å². The lowest BCUT2D eigenvalue weighted by Gasteiger charge is -2.38. The highest BCUT2D eigenvalue weighted by Gasteiger charge is 2.45. The molecule has 1 aliphatic heterocycles. The standard InChI is InChI=1S/C36H50N4O9/c1-35(2,3)48-32(43)29(40-21-20-37-27(31(40)42)14-11-19-38-33(44)49-36(4,5)6)30(41)28(22-24-15-17-26(46-7)18-16-24)39-34(45)47-23-25-12-9-8-10-13-25/h8-10,12-13,15-18,27-29,37H,11,14,19-23H2,1-7H3,(H,38,44)(H,39,45). The number of amides is 3. The molecule has 13 heteroatoms. The number of carbonyl (C=O) groups is 5. The molecule has 1 heterocycles. The first-order chi connectivity index (χ1) is 23.1. The molecule has 3 amide bonds. The van der Waals surface area contributed by atoms with Crippen molar-refractivity contribution in [1.82, 2.24) is 20.9 Å². The number of benzene rings is 2. The van der Waals surface area contributed by atoms with Crippen LogP contribution >= 0.6 is 0 Å². The molecule has 49 heavy (non-hydrogen) atoms. The third-order valence-electron chi connectivity index (χ3n) is 7.32. The number of hydrogen-bond acceptors (Lipinski definition) is 10. The van der Waals surface area contributed by atoms with Crippen molar-refractivity contribution in [2.24, 2.45) is 0 Å². The summed E-state index contributed by atoms with van der Waals surface area (Å²) >= 11 is 0. The van der Waals surface area contributed by atoms with Gasteiger partial charge in [0.1, 0.15) is 23.6 Å². The lowest BCUT2D eigenvalue weighted by atomic mass is 9.95. The molecule has 13 nitrogen and oxygen atoms in total. The summed E-state index contributed by atoms with van der Waals surface area (Å²) in [4.78, 5) is 68.4. The number of alkyl carbamates (subject to hydrolysis) is 2. The molecule has 3 rings (SSSR count). The number of nitrogens with zero attached hydrogens (tertiary/aromatic N) is 1. The molecule has 3 unspecified atom stereocenters. The van der Waals surface area contributed by atoms with E-state index in [0.717, 1.165) is 5.56 Å². The lowest BCUT2D eigenvalue weighted by Crippen LogP contribution is -2.64. The van der Waals surface area contributed by atoms with Crippen molar-refractivity contribution >= 4 is 29.8 Å². The quantitative estimate of drug-likeness (QED) is 0.115. The van der Waals surface area contributed by atoms with Crippen LogP contribution in [0.5, 0.6) is 5.75 Å². The molecule has 2 aromatic rings. The molecular formula is C36H50N4O9. The third-order valence-corrected chi connectivity index (χ3v) is 7.32. The fourth-order valence-electron chi connectivity index (χ4n) is 5.12. The van der Waals surface area contributed by atoms with Crippen molar-refractivity contribution in [1.29, 1.82) is 0 Å². The summed E-state index contributed by atoms with van der Waals surface area (Å²) in [6.45, 7) is 10.9. The van der Waals surface area contributed by atoms with Gasteiger partial charge in [-0.15, -0.1) is 0 Å². The Morgan fingerprint density at radius 2 is 1.55 bits per heavy atom. The summed E-state index contributed by atoms with van der Waals surface area (Å²) in [6.07, 6.45) is -0.676. The molecule has 0 radical (unpaired) electrons. The number of carbonyl (C=O) groups excluding carboxylic acids is 5. The van der Waals surface area contributed by atoms with E-state index in [4.69, 9.17) is 18.9 Å². The summed E-state index contributed by atoms with van der Waals surface area (Å²) in [6, 6.07) is 12.4. The second-order valence-electron chi connectivity index (χ2n) is 13.8. The van der Waals surface area contributed by atoms with Crippen LogP contribution in [0, 0.1) is 0 Å². The fraction of sp³-hybridized carbons (Fsp3) is 0.528. The molecule has 1 aliphatic rings. The Labute approximate surface area is 288 Å². The number of Topliss-reactive ketones (excluding diaryl/α,β-unsaturated/α-hetero) is 1. The zero-order chi connectivity index (χ0) is 36.2. The first-order valence-corrected chi connectivity index (χ1v) is 16.4. The van der Waals surface area contributed by atoms with Crippen molar-refractivity contribution in [2.75, 3.05) is 26.7 Å². The Hall–Kier alpha value is -4.65. The van der Waals surface area contributed by atoms with Crippen LogP contribution in [-0.4, -0.2) is 90.8 Å². The van der Waals surface area contributed by atoms with Gasteiger partial charge >= 0.3 is 18.2 Å². The van der Waals surface area contributed by atoms with Crippen molar-refractivity contribution in [3.05, 3.63) is 65.7 Å². The van der Waals surface area contributed by atoms with Crippen LogP contribution in [0.15, 0.2) is 54.6 Å². The molecule has 2 aromatic carbocycles. The van der Waals surface area contributed by atoms with Crippen LogP contribution in [0.1, 0.15) is 65.5 Å². The monoisotopic (exact) mass is 682 g/mol. The van der Waals surface area contributed by atoms with Gasteiger partial charge in [0.25, 0.3) is 0 Å². The average Bonchev–Trinajstić information content (AvgIpc) is 3.02. The highest BCUT2D eigenvalue weighted by molar-refractivity contribution is 6.09. The minimum Gasteiger partial charge on any atom is -0.497 e. The molecule has 0 spiro atoms. The minimum absolute atomic E-state index is 0.00259. The van der Waals surface area contributed by atoms with E-state index in [0.29, 0.717) is 30.7 Å². The molecular weight excluding hydrogens is 632 g/mol. The Kier molecular flexibility index (Phi) is 14.0. The molecule has 3 atom stereocenters. The molecule has 3 N–H and O–H groups in total. The second-order valence-corrected chi connectivity index (χ2v) is 13.8. The number of nitrogens with one attached hydrogen (secondary N) is 3. The summed E-state index contributed by atoms with van der Waals surface area (Å²) in [5.41, 5.74) is -0.186. The van der Waals surface area contributed by atoms with Gasteiger partial charge in [0.2, 0.25) is 5.91 Å². The Bertz CT molecular complexity index is 1420. The van der Waals surface area contributed by atoms with E-state index >= 15 is 0 Å². The van der Waals surface area contributed by atoms with E-state index in [-0.39, 0.29) is 26.1 Å². The molecule has 0 aromatic heterocycles. The summed E-state index contributed by atoms with van der Waals surface area (Å²) < 4.78 is 21.6. The van der Waals surface area contributed by atoms with E-state index in [1.54, 1.807) is 77.9 Å². The zero-order valence-electron chi connectivity index (χ0n) is 29.5. The van der Waals surface area contributed by atoms with Gasteiger partial charge in [-0.05, 0) is 84.1 Å². The average molecular weight is 683 g/mol. The normalized spacial score (nSPS) is 16.2. The molecule has 268 valence electrons. The first-order valence-electron chi connectivity index (χ1n) is 16.4. The maximum atomic E-state index is 14.4. The van der Waals surface area contributed by atoms with Crippen LogP contribution in [0.4, 0.5) is 9.59 Å². The largest absolute Gasteiger partial charge is 0.497 e. The highest BCUT2D eigenvalue weighted by atomic mass is 16.6. The Morgan fingerprint density at radius 3 is 2.16 bits per heavy atom. The lowest BCUT2D eigenvalue weighted by molar-refractivity contribution is -0.169. The van der Waals surface area contributed by atoms with Gasteiger partial charge in [-0.2, -0.15) is 0 Å². The fourth-order valence-corrected chi connectivity index (χ4v) is 5.12. The summed E-state index contributed by atoms with van der Waals surface area (Å²) in [5.74, 6) is -1.49. The molecule has 0 aliphatic carbocycles. The van der Waals surface area contributed by atoms with E-state index in [9.17, 15) is 24.0 Å². The van der Waals surface area contributed by atoms with Crippen molar-refractivity contribution in [3.8, 4) is 5.75 Å². The van der Waals surface area contributed by atoms with E-state index in [1.807, 2.05) is 18.2 Å². The summed E-state index contributed by atoms with van der Waals surface area (Å²) in [5, 5.41) is 8.46. The number of esters is 1. The number of piperazine rings is 1. The second kappa shape index (κ2) is 17.7. The predicted octanol–water partition coefficient (Wildman–Crippen LogP) is 3.92. The van der Waals surface area contributed by atoms with Gasteiger partial charge in [-0.25, -0.2) is 14.4 Å². The Balaban J connectivity index is 1.83. The molecule has 0 bridgehead atoms. The summed E-state index contributed by atoms with van der Waals surface area (Å²) in [7, 11) is 1.53. The Morgan fingerprint density at radius 1 is 0.898 bits per heavy atom. The number of methoxy groups -OCH3 is 1. The van der Waals surface area contributed by atoms with E-state index in [1.165, 1.54) is 12.0 Å². The van der Waals surface area contributed by atoms with Gasteiger partial charge in [0, 0.05) is 19.6 Å². The smallest absolute Gasteiger partial charge is 0.408 e. The minimum atomic E-state index is -1.64. The molecule has 1 saturated heterocycles. The van der Waals surface area contributed by atoms with Gasteiger partial charge in [0.15, 0.2) is 11.8 Å². The van der Waals surface area contributed by atoms with Gasteiger partial charge in [0.05, 0.1) is 19.2 Å². The van der Waals surface area contributed by atoms with Crippen molar-refractivity contribution < 1.29 is 42.9 Å². The van der Waals surface area contributed by atoms with E-state index < -0.39 is 59.2 Å². The maximum Gasteiger partial charge on any atom is 0.408 e. The van der Waals surface area contributed by atoms with Crippen LogP contribution in [0.3, 0.4) is 0 Å². The number of rotatable bonds is 14. The van der Waals surface area contributed by atoms with E-state index in [2.05, 4.69) is 16.0 Å². The van der Waals surface area contributed by atoms with Crippen molar-refractivity contribution in [2.45, 2.75) is 96.7 Å². The van der Waals surface area contributed by atoms with Crippen LogP contribution in [0.25, 0.3) is 0 Å². The molecule has 1 fully saturated rings. The van der Waals surface area contributed by atoms with Crippen LogP contribution in [-0.2, 0) is 41.6 Å². The van der Waals surface area contributed by atoms with Crippen LogP contribution < -0.4 is 20.7 Å². The predicted molar refractivity (Wildman–Crippen MR) is 182 cm³/mol. The first kappa shape index (κ1) is 38.8. The zero-order valence-corrected chi connectivity index (χ0v) is 29.5.